The molecular weight excluding hydrogens is 320 g/mol. The van der Waals surface area contributed by atoms with Crippen molar-refractivity contribution in [2.45, 2.75) is 33.4 Å². The number of imidazole rings is 1. The molecule has 2 aromatic rings. The van der Waals surface area contributed by atoms with E-state index in [0.29, 0.717) is 23.7 Å². The van der Waals surface area contributed by atoms with Crippen molar-refractivity contribution in [2.75, 3.05) is 11.6 Å². The third-order valence-electron chi connectivity index (χ3n) is 4.39. The zero-order valence-corrected chi connectivity index (χ0v) is 15.0. The minimum atomic E-state index is -0.406. The summed E-state index contributed by atoms with van der Waals surface area (Å²) in [6, 6.07) is -0.135. The lowest BCUT2D eigenvalue weighted by Crippen LogP contribution is -2.40. The number of hydrazone groups is 1. The van der Waals surface area contributed by atoms with Gasteiger partial charge in [-0.3, -0.25) is 18.5 Å². The zero-order chi connectivity index (χ0) is 18.5. The van der Waals surface area contributed by atoms with Gasteiger partial charge in [-0.05, 0) is 20.8 Å². The minimum Gasteiger partial charge on any atom is -0.294 e. The van der Waals surface area contributed by atoms with Crippen LogP contribution in [0.25, 0.3) is 11.2 Å². The maximum Gasteiger partial charge on any atom is 0.332 e. The van der Waals surface area contributed by atoms with Gasteiger partial charge in [-0.15, -0.1) is 6.58 Å². The molecule has 1 aliphatic heterocycles. The Bertz CT molecular complexity index is 1040. The van der Waals surface area contributed by atoms with E-state index in [1.165, 1.54) is 9.13 Å². The SMILES string of the molecule is C=CCN1N=C(C)C(C)n2c1nc1c2c(=O)n(CC(=C)C)c(=O)n1C. The summed E-state index contributed by atoms with van der Waals surface area (Å²) in [5.41, 5.74) is 1.57. The summed E-state index contributed by atoms with van der Waals surface area (Å²) in [7, 11) is 1.62. The predicted molar refractivity (Wildman–Crippen MR) is 99.4 cm³/mol. The number of hydrogen-bond acceptors (Lipinski definition) is 5. The van der Waals surface area contributed by atoms with Crippen LogP contribution in [0.4, 0.5) is 5.95 Å². The van der Waals surface area contributed by atoms with Crippen molar-refractivity contribution in [3.05, 3.63) is 45.6 Å². The highest BCUT2D eigenvalue weighted by Gasteiger charge is 2.30. The van der Waals surface area contributed by atoms with Crippen LogP contribution in [-0.4, -0.2) is 30.9 Å². The fourth-order valence-electron chi connectivity index (χ4n) is 3.04. The third-order valence-corrected chi connectivity index (χ3v) is 4.39. The first-order valence-corrected chi connectivity index (χ1v) is 8.07. The summed E-state index contributed by atoms with van der Waals surface area (Å²) >= 11 is 0. The second-order valence-corrected chi connectivity index (χ2v) is 6.43. The standard InChI is InChI=1S/C17H22N6O2/c1-7-8-22-16-18-14-13(23(16)12(5)11(4)19-22)15(24)21(9-10(2)3)17(25)20(14)6/h7,12H,1-2,8-9H2,3-6H3. The highest BCUT2D eigenvalue weighted by molar-refractivity contribution is 5.91. The molecular formula is C17H22N6O2. The van der Waals surface area contributed by atoms with E-state index in [-0.39, 0.29) is 18.1 Å². The van der Waals surface area contributed by atoms with Crippen molar-refractivity contribution in [1.82, 2.24) is 18.7 Å². The normalized spacial score (nSPS) is 16.7. The van der Waals surface area contributed by atoms with Gasteiger partial charge in [0.2, 0.25) is 5.95 Å². The Morgan fingerprint density at radius 2 is 2.04 bits per heavy atom. The molecule has 0 amide bonds. The van der Waals surface area contributed by atoms with Gasteiger partial charge < -0.3 is 0 Å². The first-order chi connectivity index (χ1) is 11.8. The second-order valence-electron chi connectivity index (χ2n) is 6.43. The number of nitrogens with zero attached hydrogens (tertiary/aromatic N) is 6. The lowest BCUT2D eigenvalue weighted by Gasteiger charge is -2.28. The largest absolute Gasteiger partial charge is 0.332 e. The van der Waals surface area contributed by atoms with Crippen molar-refractivity contribution in [3.8, 4) is 0 Å². The summed E-state index contributed by atoms with van der Waals surface area (Å²) in [5, 5.41) is 6.22. The number of hydrogen-bond donors (Lipinski definition) is 0. The van der Waals surface area contributed by atoms with Gasteiger partial charge in [0.25, 0.3) is 5.56 Å². The van der Waals surface area contributed by atoms with Crippen molar-refractivity contribution >= 4 is 22.8 Å². The molecule has 132 valence electrons. The zero-order valence-electron chi connectivity index (χ0n) is 15.0. The van der Waals surface area contributed by atoms with Crippen LogP contribution in [0, 0.1) is 0 Å². The molecule has 0 fully saturated rings. The number of allylic oxidation sites excluding steroid dienone is 1. The smallest absolute Gasteiger partial charge is 0.294 e. The number of anilines is 1. The molecule has 0 N–H and O–H groups in total. The molecule has 1 unspecified atom stereocenters. The van der Waals surface area contributed by atoms with E-state index < -0.39 is 5.69 Å². The fraction of sp³-hybridized carbons (Fsp3) is 0.412. The first kappa shape index (κ1) is 16.9. The van der Waals surface area contributed by atoms with Gasteiger partial charge >= 0.3 is 5.69 Å². The maximum absolute atomic E-state index is 13.1. The Hall–Kier alpha value is -2.90. The Labute approximate surface area is 145 Å². The molecule has 1 aliphatic rings. The molecule has 0 saturated carbocycles. The van der Waals surface area contributed by atoms with Crippen molar-refractivity contribution in [3.63, 3.8) is 0 Å². The molecule has 0 aromatic carbocycles. The van der Waals surface area contributed by atoms with Gasteiger partial charge in [0.05, 0.1) is 24.8 Å². The monoisotopic (exact) mass is 342 g/mol. The van der Waals surface area contributed by atoms with Crippen LogP contribution >= 0.6 is 0 Å². The van der Waals surface area contributed by atoms with E-state index in [9.17, 15) is 9.59 Å². The van der Waals surface area contributed by atoms with E-state index in [0.717, 1.165) is 11.3 Å². The van der Waals surface area contributed by atoms with Crippen LogP contribution in [-0.2, 0) is 13.6 Å². The average Bonchev–Trinajstić information content (AvgIpc) is 2.95. The summed E-state index contributed by atoms with van der Waals surface area (Å²) in [6.45, 7) is 13.8. The molecule has 8 nitrogen and oxygen atoms in total. The number of fused-ring (bicyclic) bond motifs is 3. The lowest BCUT2D eigenvalue weighted by atomic mass is 10.2. The van der Waals surface area contributed by atoms with E-state index in [1.807, 2.05) is 18.4 Å². The topological polar surface area (TPSA) is 77.4 Å². The number of aryl methyl sites for hydroxylation is 1. The van der Waals surface area contributed by atoms with Gasteiger partial charge in [0.1, 0.15) is 0 Å². The van der Waals surface area contributed by atoms with Gasteiger partial charge in [-0.2, -0.15) is 10.1 Å². The molecule has 3 rings (SSSR count). The molecule has 2 aromatic heterocycles. The molecule has 25 heavy (non-hydrogen) atoms. The Kier molecular flexibility index (Phi) is 3.98. The third kappa shape index (κ3) is 2.45. The molecule has 8 heteroatoms. The maximum atomic E-state index is 13.1. The predicted octanol–water partition coefficient (Wildman–Crippen LogP) is 1.42. The molecule has 0 spiro atoms. The summed E-state index contributed by atoms with van der Waals surface area (Å²) in [6.07, 6.45) is 1.72. The summed E-state index contributed by atoms with van der Waals surface area (Å²) in [4.78, 5) is 30.2. The van der Waals surface area contributed by atoms with Gasteiger partial charge in [-0.25, -0.2) is 9.80 Å². The van der Waals surface area contributed by atoms with Crippen molar-refractivity contribution < 1.29 is 0 Å². The Balaban J connectivity index is 2.42. The quantitative estimate of drug-likeness (QED) is 0.787. The summed E-state index contributed by atoms with van der Waals surface area (Å²) in [5.74, 6) is 0.535. The molecule has 1 atom stereocenters. The van der Waals surface area contributed by atoms with Crippen molar-refractivity contribution in [1.29, 1.82) is 0 Å². The van der Waals surface area contributed by atoms with Crippen LogP contribution < -0.4 is 16.3 Å². The molecule has 3 heterocycles. The van der Waals surface area contributed by atoms with E-state index in [2.05, 4.69) is 23.2 Å². The molecule has 0 radical (unpaired) electrons. The van der Waals surface area contributed by atoms with Gasteiger partial charge in [0, 0.05) is 7.05 Å². The number of aromatic nitrogens is 4. The molecule has 0 saturated heterocycles. The lowest BCUT2D eigenvalue weighted by molar-refractivity contribution is 0.631. The Morgan fingerprint density at radius 1 is 1.36 bits per heavy atom. The van der Waals surface area contributed by atoms with E-state index >= 15 is 0 Å². The number of rotatable bonds is 4. The van der Waals surface area contributed by atoms with Crippen LogP contribution in [0.2, 0.25) is 0 Å². The molecule has 0 aliphatic carbocycles. The van der Waals surface area contributed by atoms with E-state index in [4.69, 9.17) is 0 Å². The summed E-state index contributed by atoms with van der Waals surface area (Å²) < 4.78 is 4.45. The van der Waals surface area contributed by atoms with Gasteiger partial charge in [0.15, 0.2) is 11.2 Å². The van der Waals surface area contributed by atoms with Crippen molar-refractivity contribution in [2.24, 2.45) is 12.1 Å². The Morgan fingerprint density at radius 3 is 2.64 bits per heavy atom. The molecule has 0 bridgehead atoms. The highest BCUT2D eigenvalue weighted by Crippen LogP contribution is 2.29. The first-order valence-electron chi connectivity index (χ1n) is 8.07. The van der Waals surface area contributed by atoms with E-state index in [1.54, 1.807) is 25.1 Å². The van der Waals surface area contributed by atoms with Crippen LogP contribution in [0.15, 0.2) is 39.5 Å². The van der Waals surface area contributed by atoms with Gasteiger partial charge in [-0.1, -0.05) is 18.2 Å². The second kappa shape index (κ2) is 5.87. The average molecular weight is 342 g/mol. The fourth-order valence-corrected chi connectivity index (χ4v) is 3.04. The van der Waals surface area contributed by atoms with Crippen LogP contribution in [0.1, 0.15) is 26.8 Å². The van der Waals surface area contributed by atoms with Crippen LogP contribution in [0.3, 0.4) is 0 Å². The highest BCUT2D eigenvalue weighted by atomic mass is 16.2. The minimum absolute atomic E-state index is 0.135. The van der Waals surface area contributed by atoms with Crippen LogP contribution in [0.5, 0.6) is 0 Å².